The van der Waals surface area contributed by atoms with Gasteiger partial charge in [0.2, 0.25) is 5.91 Å². The predicted octanol–water partition coefficient (Wildman–Crippen LogP) is 0.403. The summed E-state index contributed by atoms with van der Waals surface area (Å²) in [6.07, 6.45) is 3.30. The average Bonchev–Trinajstić information content (AvgIpc) is 2.06. The van der Waals surface area contributed by atoms with Gasteiger partial charge in [-0.1, -0.05) is 0 Å². The third kappa shape index (κ3) is 2.67. The van der Waals surface area contributed by atoms with E-state index in [9.17, 15) is 4.79 Å². The monoisotopic (exact) mass is 166 g/mol. The minimum Gasteiger partial charge on any atom is -0.396 e. The molecule has 0 spiro atoms. The van der Waals surface area contributed by atoms with Crippen LogP contribution < -0.4 is 5.32 Å². The molecule has 0 saturated heterocycles. The first-order valence-corrected chi connectivity index (χ1v) is 3.63. The van der Waals surface area contributed by atoms with Gasteiger partial charge in [0.1, 0.15) is 0 Å². The molecule has 0 atom stereocenters. The van der Waals surface area contributed by atoms with Crippen molar-refractivity contribution in [1.82, 2.24) is 4.98 Å². The number of carbonyl (C=O) groups is 1. The highest BCUT2D eigenvalue weighted by atomic mass is 16.3. The molecular weight excluding hydrogens is 156 g/mol. The molecule has 1 heterocycles. The third-order valence-corrected chi connectivity index (χ3v) is 1.28. The summed E-state index contributed by atoms with van der Waals surface area (Å²) < 4.78 is 0. The zero-order valence-electron chi connectivity index (χ0n) is 6.53. The highest BCUT2D eigenvalue weighted by Crippen LogP contribution is 2.02. The van der Waals surface area contributed by atoms with E-state index in [1.165, 1.54) is 0 Å². The predicted molar refractivity (Wildman–Crippen MR) is 44.6 cm³/mol. The van der Waals surface area contributed by atoms with Crippen LogP contribution in [0.3, 0.4) is 0 Å². The second-order valence-electron chi connectivity index (χ2n) is 2.26. The fraction of sp³-hybridized carbons (Fsp3) is 0.250. The normalized spacial score (nSPS) is 9.42. The molecule has 12 heavy (non-hydrogen) atoms. The standard InChI is InChI=1S/C8H10N2O2/c11-5-3-8(12)10-7-2-1-4-9-6-7/h1-2,4,6,11H,3,5H2,(H,10,12). The van der Waals surface area contributed by atoms with Crippen molar-refractivity contribution in [3.05, 3.63) is 24.5 Å². The molecule has 1 amide bonds. The summed E-state index contributed by atoms with van der Waals surface area (Å²) in [6.45, 7) is -0.133. The van der Waals surface area contributed by atoms with Crippen LogP contribution >= 0.6 is 0 Å². The zero-order chi connectivity index (χ0) is 8.81. The maximum atomic E-state index is 10.9. The van der Waals surface area contributed by atoms with E-state index in [1.54, 1.807) is 24.5 Å². The number of anilines is 1. The van der Waals surface area contributed by atoms with Gasteiger partial charge >= 0.3 is 0 Å². The van der Waals surface area contributed by atoms with E-state index < -0.39 is 0 Å². The van der Waals surface area contributed by atoms with Crippen LogP contribution in [0.4, 0.5) is 5.69 Å². The fourth-order valence-corrected chi connectivity index (χ4v) is 0.762. The first-order valence-electron chi connectivity index (χ1n) is 3.63. The van der Waals surface area contributed by atoms with Crippen molar-refractivity contribution in [1.29, 1.82) is 0 Å². The fourth-order valence-electron chi connectivity index (χ4n) is 0.762. The summed E-state index contributed by atoms with van der Waals surface area (Å²) in [5.74, 6) is -0.203. The Morgan fingerprint density at radius 3 is 3.08 bits per heavy atom. The van der Waals surface area contributed by atoms with Crippen LogP contribution in [-0.4, -0.2) is 22.6 Å². The van der Waals surface area contributed by atoms with Crippen molar-refractivity contribution in [3.8, 4) is 0 Å². The lowest BCUT2D eigenvalue weighted by atomic mass is 10.4. The molecule has 0 aromatic carbocycles. The van der Waals surface area contributed by atoms with Crippen LogP contribution in [0.5, 0.6) is 0 Å². The molecule has 4 heteroatoms. The molecule has 4 nitrogen and oxygen atoms in total. The largest absolute Gasteiger partial charge is 0.396 e. The van der Waals surface area contributed by atoms with E-state index in [1.807, 2.05) is 0 Å². The molecule has 0 unspecified atom stereocenters. The number of amides is 1. The average molecular weight is 166 g/mol. The lowest BCUT2D eigenvalue weighted by molar-refractivity contribution is -0.116. The molecule has 2 N–H and O–H groups in total. The summed E-state index contributed by atoms with van der Waals surface area (Å²) >= 11 is 0. The van der Waals surface area contributed by atoms with E-state index in [0.717, 1.165) is 0 Å². The minimum atomic E-state index is -0.203. The summed E-state index contributed by atoms with van der Waals surface area (Å²) in [7, 11) is 0. The number of nitrogens with zero attached hydrogens (tertiary/aromatic N) is 1. The van der Waals surface area contributed by atoms with Gasteiger partial charge < -0.3 is 10.4 Å². The van der Waals surface area contributed by atoms with Crippen molar-refractivity contribution in [2.24, 2.45) is 0 Å². The highest BCUT2D eigenvalue weighted by molar-refractivity contribution is 5.90. The Balaban J connectivity index is 2.47. The molecule has 0 aliphatic heterocycles. The Morgan fingerprint density at radius 2 is 2.50 bits per heavy atom. The third-order valence-electron chi connectivity index (χ3n) is 1.28. The van der Waals surface area contributed by atoms with Gasteiger partial charge in [-0.25, -0.2) is 0 Å². The smallest absolute Gasteiger partial charge is 0.226 e. The van der Waals surface area contributed by atoms with Crippen molar-refractivity contribution in [2.45, 2.75) is 6.42 Å². The molecule has 1 rings (SSSR count). The van der Waals surface area contributed by atoms with Crippen LogP contribution in [0.2, 0.25) is 0 Å². The molecule has 1 aromatic heterocycles. The second kappa shape index (κ2) is 4.46. The number of hydrogen-bond donors (Lipinski definition) is 2. The quantitative estimate of drug-likeness (QED) is 0.683. The molecule has 0 fully saturated rings. The van der Waals surface area contributed by atoms with Crippen LogP contribution in [0.25, 0.3) is 0 Å². The maximum Gasteiger partial charge on any atom is 0.226 e. The number of pyridine rings is 1. The Hall–Kier alpha value is -1.42. The molecular formula is C8H10N2O2. The molecule has 0 aliphatic rings. The van der Waals surface area contributed by atoms with Gasteiger partial charge in [-0.3, -0.25) is 9.78 Å². The molecule has 64 valence electrons. The van der Waals surface area contributed by atoms with Gasteiger partial charge in [0, 0.05) is 6.20 Å². The molecule has 0 radical (unpaired) electrons. The first kappa shape index (κ1) is 8.67. The Labute approximate surface area is 70.3 Å². The van der Waals surface area contributed by atoms with Crippen molar-refractivity contribution in [2.75, 3.05) is 11.9 Å². The molecule has 0 bridgehead atoms. The topological polar surface area (TPSA) is 62.2 Å². The Bertz CT molecular complexity index is 248. The van der Waals surface area contributed by atoms with E-state index in [2.05, 4.69) is 10.3 Å². The minimum absolute atomic E-state index is 0.120. The Kier molecular flexibility index (Phi) is 3.22. The summed E-state index contributed by atoms with van der Waals surface area (Å²) in [4.78, 5) is 14.7. The van der Waals surface area contributed by atoms with E-state index in [4.69, 9.17) is 5.11 Å². The van der Waals surface area contributed by atoms with Gasteiger partial charge in [0.05, 0.1) is 24.9 Å². The van der Waals surface area contributed by atoms with Gasteiger partial charge in [0.15, 0.2) is 0 Å². The lowest BCUT2D eigenvalue weighted by Gasteiger charge is -2.01. The SMILES string of the molecule is O=C(CCO)Nc1cccnc1. The number of aliphatic hydroxyl groups excluding tert-OH is 1. The zero-order valence-corrected chi connectivity index (χ0v) is 6.53. The molecule has 1 aromatic rings. The van der Waals surface area contributed by atoms with Gasteiger partial charge in [-0.05, 0) is 12.1 Å². The van der Waals surface area contributed by atoms with Crippen molar-refractivity contribution in [3.63, 3.8) is 0 Å². The number of aromatic nitrogens is 1. The second-order valence-corrected chi connectivity index (χ2v) is 2.26. The number of carbonyl (C=O) groups excluding carboxylic acids is 1. The number of aliphatic hydroxyl groups is 1. The number of rotatable bonds is 3. The summed E-state index contributed by atoms with van der Waals surface area (Å²) in [5.41, 5.74) is 0.649. The van der Waals surface area contributed by atoms with Crippen LogP contribution in [-0.2, 0) is 4.79 Å². The maximum absolute atomic E-state index is 10.9. The van der Waals surface area contributed by atoms with Crippen molar-refractivity contribution >= 4 is 11.6 Å². The summed E-state index contributed by atoms with van der Waals surface area (Å²) in [5, 5.41) is 11.0. The van der Waals surface area contributed by atoms with Crippen LogP contribution in [0.1, 0.15) is 6.42 Å². The first-order chi connectivity index (χ1) is 5.83. The van der Waals surface area contributed by atoms with Crippen LogP contribution in [0.15, 0.2) is 24.5 Å². The van der Waals surface area contributed by atoms with Gasteiger partial charge in [0.25, 0.3) is 0 Å². The van der Waals surface area contributed by atoms with Crippen LogP contribution in [0, 0.1) is 0 Å². The highest BCUT2D eigenvalue weighted by Gasteiger charge is 1.99. The number of hydrogen-bond acceptors (Lipinski definition) is 3. The molecule has 0 saturated carbocycles. The molecule has 0 aliphatic carbocycles. The van der Waals surface area contributed by atoms with E-state index in [0.29, 0.717) is 5.69 Å². The Morgan fingerprint density at radius 1 is 1.67 bits per heavy atom. The summed E-state index contributed by atoms with van der Waals surface area (Å²) in [6, 6.07) is 3.47. The number of nitrogens with one attached hydrogen (secondary N) is 1. The van der Waals surface area contributed by atoms with Gasteiger partial charge in [-0.2, -0.15) is 0 Å². The van der Waals surface area contributed by atoms with E-state index >= 15 is 0 Å². The van der Waals surface area contributed by atoms with Crippen molar-refractivity contribution < 1.29 is 9.90 Å². The van der Waals surface area contributed by atoms with Gasteiger partial charge in [-0.15, -0.1) is 0 Å². The van der Waals surface area contributed by atoms with E-state index in [-0.39, 0.29) is 18.9 Å². The lowest BCUT2D eigenvalue weighted by Crippen LogP contribution is -2.12.